The molecule has 1 aromatic heterocycles. The second-order valence-electron chi connectivity index (χ2n) is 7.02. The number of nitrogens with two attached hydrogens (primary N) is 1. The van der Waals surface area contributed by atoms with Crippen LogP contribution in [0.25, 0.3) is 5.57 Å². The van der Waals surface area contributed by atoms with Crippen molar-refractivity contribution in [3.8, 4) is 0 Å². The van der Waals surface area contributed by atoms with E-state index in [0.29, 0.717) is 16.8 Å². The summed E-state index contributed by atoms with van der Waals surface area (Å²) >= 11 is 0. The van der Waals surface area contributed by atoms with Crippen LogP contribution in [0.2, 0.25) is 0 Å². The van der Waals surface area contributed by atoms with Crippen molar-refractivity contribution >= 4 is 34.5 Å². The van der Waals surface area contributed by atoms with E-state index in [4.69, 9.17) is 5.73 Å². The number of rotatable bonds is 8. The average Bonchev–Trinajstić information content (AvgIpc) is 2.83. The summed E-state index contributed by atoms with van der Waals surface area (Å²) in [6, 6.07) is 13.7. The molecule has 0 aliphatic heterocycles. The van der Waals surface area contributed by atoms with Gasteiger partial charge in [-0.2, -0.15) is 0 Å². The van der Waals surface area contributed by atoms with Crippen molar-refractivity contribution in [2.45, 2.75) is 6.54 Å². The molecule has 33 heavy (non-hydrogen) atoms. The summed E-state index contributed by atoms with van der Waals surface area (Å²) in [6.45, 7) is 3.93. The van der Waals surface area contributed by atoms with E-state index in [1.165, 1.54) is 18.3 Å². The fourth-order valence-corrected chi connectivity index (χ4v) is 2.80. The number of carbonyl (C=O) groups is 3. The highest BCUT2D eigenvalue weighted by Gasteiger charge is 2.10. The molecule has 3 aromatic rings. The maximum absolute atomic E-state index is 13.1. The third-order valence-electron chi connectivity index (χ3n) is 4.64. The monoisotopic (exact) mass is 444 g/mol. The topological polar surface area (TPSA) is 114 Å². The van der Waals surface area contributed by atoms with E-state index in [2.05, 4.69) is 22.2 Å². The van der Waals surface area contributed by atoms with Crippen molar-refractivity contribution in [1.29, 1.82) is 0 Å². The minimum absolute atomic E-state index is 0.123. The summed E-state index contributed by atoms with van der Waals surface area (Å²) in [5.41, 5.74) is 8.07. The van der Waals surface area contributed by atoms with Crippen molar-refractivity contribution in [2.24, 2.45) is 0 Å². The lowest BCUT2D eigenvalue weighted by Gasteiger charge is -2.09. The van der Waals surface area contributed by atoms with E-state index in [0.717, 1.165) is 23.8 Å². The highest BCUT2D eigenvalue weighted by molar-refractivity contribution is 6.26. The van der Waals surface area contributed by atoms with Crippen LogP contribution in [0.3, 0.4) is 0 Å². The zero-order valence-electron chi connectivity index (χ0n) is 17.5. The van der Waals surface area contributed by atoms with Gasteiger partial charge in [-0.3, -0.25) is 19.4 Å². The first-order chi connectivity index (χ1) is 15.8. The third-order valence-corrected chi connectivity index (χ3v) is 4.64. The predicted molar refractivity (Wildman–Crippen MR) is 124 cm³/mol. The highest BCUT2D eigenvalue weighted by Crippen LogP contribution is 2.20. The number of amides is 2. The molecule has 7 nitrogen and oxygen atoms in total. The Morgan fingerprint density at radius 2 is 1.79 bits per heavy atom. The molecular weight excluding hydrogens is 423 g/mol. The first-order valence-electron chi connectivity index (χ1n) is 9.88. The average molecular weight is 444 g/mol. The lowest BCUT2D eigenvalue weighted by Crippen LogP contribution is -2.20. The number of pyridine rings is 1. The maximum Gasteiger partial charge on any atom is 0.255 e. The smallest absolute Gasteiger partial charge is 0.255 e. The van der Waals surface area contributed by atoms with E-state index in [1.54, 1.807) is 42.6 Å². The number of halogens is 1. The number of hydrogen-bond acceptors (Lipinski definition) is 5. The molecule has 4 N–H and O–H groups in total. The summed E-state index contributed by atoms with van der Waals surface area (Å²) in [5, 5.41) is 5.28. The van der Waals surface area contributed by atoms with Gasteiger partial charge in [0, 0.05) is 41.7 Å². The zero-order valence-corrected chi connectivity index (χ0v) is 17.5. The molecule has 3 rings (SSSR count). The van der Waals surface area contributed by atoms with E-state index >= 15 is 0 Å². The van der Waals surface area contributed by atoms with E-state index in [1.807, 2.05) is 0 Å². The van der Waals surface area contributed by atoms with E-state index < -0.39 is 23.4 Å². The number of aromatic nitrogens is 1. The third kappa shape index (κ3) is 6.44. The van der Waals surface area contributed by atoms with Gasteiger partial charge in [0.15, 0.2) is 5.78 Å². The van der Waals surface area contributed by atoms with Crippen LogP contribution in [-0.4, -0.2) is 22.6 Å². The lowest BCUT2D eigenvalue weighted by molar-refractivity contribution is -0.117. The number of nitrogens with one attached hydrogen (secondary N) is 2. The molecule has 0 atom stereocenters. The first kappa shape index (κ1) is 23.1. The van der Waals surface area contributed by atoms with Gasteiger partial charge in [0.2, 0.25) is 5.91 Å². The van der Waals surface area contributed by atoms with Crippen LogP contribution in [0, 0.1) is 5.82 Å². The van der Waals surface area contributed by atoms with Gasteiger partial charge in [0.05, 0.1) is 11.4 Å². The molecule has 2 aromatic carbocycles. The number of nitrogen functional groups attached to an aromatic ring is 1. The number of anilines is 2. The Balaban J connectivity index is 1.51. The molecule has 0 radical (unpaired) electrons. The van der Waals surface area contributed by atoms with Gasteiger partial charge < -0.3 is 16.4 Å². The second kappa shape index (κ2) is 10.6. The molecule has 2 amide bonds. The Bertz CT molecular complexity index is 1220. The SMILES string of the molecule is C=C(C(=O)/C=C/C(=O)NCc1ccc(C(=O)Nc2ccc(F)cc2N)cc1)c1cccnc1. The normalized spacial score (nSPS) is 10.6. The lowest BCUT2D eigenvalue weighted by atomic mass is 10.1. The summed E-state index contributed by atoms with van der Waals surface area (Å²) in [5.74, 6) is -1.74. The molecule has 0 saturated carbocycles. The van der Waals surface area contributed by atoms with Crippen molar-refractivity contribution in [1.82, 2.24) is 10.3 Å². The van der Waals surface area contributed by atoms with Crippen LogP contribution in [0.5, 0.6) is 0 Å². The number of benzene rings is 2. The molecule has 166 valence electrons. The van der Waals surface area contributed by atoms with Crippen molar-refractivity contribution in [2.75, 3.05) is 11.1 Å². The number of ketones is 1. The standard InChI is InChI=1S/C25H21FN4O3/c1-16(19-3-2-12-28-15-19)23(31)10-11-24(32)29-14-17-4-6-18(7-5-17)25(33)30-22-9-8-20(26)13-21(22)27/h2-13,15H,1,14,27H2,(H,29,32)(H,30,33)/b11-10+. The Morgan fingerprint density at radius 1 is 1.03 bits per heavy atom. The largest absolute Gasteiger partial charge is 0.397 e. The first-order valence-corrected chi connectivity index (χ1v) is 9.88. The fourth-order valence-electron chi connectivity index (χ4n) is 2.80. The second-order valence-corrected chi connectivity index (χ2v) is 7.02. The van der Waals surface area contributed by atoms with Gasteiger partial charge >= 0.3 is 0 Å². The number of hydrogen-bond donors (Lipinski definition) is 3. The maximum atomic E-state index is 13.1. The molecular formula is C25H21FN4O3. The Hall–Kier alpha value is -4.59. The van der Waals surface area contributed by atoms with E-state index in [9.17, 15) is 18.8 Å². The fraction of sp³-hybridized carbons (Fsp3) is 0.0400. The Kier molecular flexibility index (Phi) is 7.43. The predicted octanol–water partition coefficient (Wildman–Crippen LogP) is 3.51. The highest BCUT2D eigenvalue weighted by atomic mass is 19.1. The molecule has 0 spiro atoms. The minimum atomic E-state index is -0.491. The quantitative estimate of drug-likeness (QED) is 0.363. The Morgan fingerprint density at radius 3 is 2.45 bits per heavy atom. The van der Waals surface area contributed by atoms with Crippen molar-refractivity contribution in [3.05, 3.63) is 108 Å². The van der Waals surface area contributed by atoms with E-state index in [-0.39, 0.29) is 17.8 Å². The number of carbonyl (C=O) groups excluding carboxylic acids is 3. The van der Waals surface area contributed by atoms with Crippen LogP contribution < -0.4 is 16.4 Å². The molecule has 0 fully saturated rings. The molecule has 8 heteroatoms. The van der Waals surface area contributed by atoms with Crippen LogP contribution in [0.1, 0.15) is 21.5 Å². The molecule has 0 bridgehead atoms. The summed E-state index contributed by atoms with van der Waals surface area (Å²) in [7, 11) is 0. The van der Waals surface area contributed by atoms with Gasteiger partial charge in [-0.05, 0) is 48.0 Å². The van der Waals surface area contributed by atoms with Crippen LogP contribution in [-0.2, 0) is 16.1 Å². The van der Waals surface area contributed by atoms with Crippen LogP contribution in [0.4, 0.5) is 15.8 Å². The van der Waals surface area contributed by atoms with Crippen molar-refractivity contribution < 1.29 is 18.8 Å². The molecule has 0 aliphatic carbocycles. The molecule has 0 unspecified atom stereocenters. The number of nitrogens with zero attached hydrogens (tertiary/aromatic N) is 1. The van der Waals surface area contributed by atoms with Gasteiger partial charge in [0.1, 0.15) is 5.82 Å². The summed E-state index contributed by atoms with van der Waals surface area (Å²) in [4.78, 5) is 40.4. The van der Waals surface area contributed by atoms with Gasteiger partial charge in [-0.1, -0.05) is 24.8 Å². The van der Waals surface area contributed by atoms with Crippen LogP contribution >= 0.6 is 0 Å². The van der Waals surface area contributed by atoms with Gasteiger partial charge in [0.25, 0.3) is 5.91 Å². The minimum Gasteiger partial charge on any atom is -0.397 e. The van der Waals surface area contributed by atoms with Crippen LogP contribution in [0.15, 0.2) is 85.7 Å². The van der Waals surface area contributed by atoms with Crippen molar-refractivity contribution in [3.63, 3.8) is 0 Å². The van der Waals surface area contributed by atoms with Gasteiger partial charge in [-0.25, -0.2) is 4.39 Å². The molecule has 0 saturated heterocycles. The summed E-state index contributed by atoms with van der Waals surface area (Å²) in [6.07, 6.45) is 5.40. The molecule has 1 heterocycles. The summed E-state index contributed by atoms with van der Waals surface area (Å²) < 4.78 is 13.1. The van der Waals surface area contributed by atoms with Gasteiger partial charge in [-0.15, -0.1) is 0 Å². The molecule has 0 aliphatic rings. The zero-order chi connectivity index (χ0) is 23.8. The number of allylic oxidation sites excluding steroid dienone is 2. The Labute approximate surface area is 189 Å².